The second-order valence-corrected chi connectivity index (χ2v) is 5.00. The Bertz CT molecular complexity index is 636. The number of aromatic nitrogens is 2. The van der Waals surface area contributed by atoms with Gasteiger partial charge in [-0.15, -0.1) is 0 Å². The third kappa shape index (κ3) is 3.33. The fourth-order valence-corrected chi connectivity index (χ4v) is 2.15. The Morgan fingerprint density at radius 2 is 2.29 bits per heavy atom. The van der Waals surface area contributed by atoms with Crippen molar-refractivity contribution < 1.29 is 14.6 Å². The molecule has 0 spiro atoms. The zero-order valence-corrected chi connectivity index (χ0v) is 12.6. The van der Waals surface area contributed by atoms with E-state index < -0.39 is 0 Å². The lowest BCUT2D eigenvalue weighted by molar-refractivity contribution is -0.122. The van der Waals surface area contributed by atoms with Crippen LogP contribution in [0.4, 0.5) is 0 Å². The molecule has 1 amide bonds. The molecule has 2 N–H and O–H groups in total. The van der Waals surface area contributed by atoms with Crippen LogP contribution < -0.4 is 10.1 Å². The molecule has 0 aliphatic rings. The van der Waals surface area contributed by atoms with Crippen LogP contribution >= 0.6 is 0 Å². The molecule has 2 aromatic rings. The molecule has 0 fully saturated rings. The van der Waals surface area contributed by atoms with Crippen LogP contribution in [0.1, 0.15) is 26.1 Å². The van der Waals surface area contributed by atoms with Gasteiger partial charge in [-0.3, -0.25) is 4.79 Å². The molecule has 1 heterocycles. The van der Waals surface area contributed by atoms with Crippen molar-refractivity contribution in [2.45, 2.75) is 39.5 Å². The van der Waals surface area contributed by atoms with Crippen LogP contribution in [-0.2, 0) is 17.9 Å². The number of carbonyl (C=O) groups excluding carboxylic acids is 1. The fraction of sp³-hybridized carbons (Fsp3) is 0.467. The number of ether oxygens (including phenoxy) is 1. The van der Waals surface area contributed by atoms with Crippen molar-refractivity contribution in [2.75, 3.05) is 7.11 Å². The lowest BCUT2D eigenvalue weighted by Gasteiger charge is -2.13. The quantitative estimate of drug-likeness (QED) is 0.844. The molecule has 1 atom stereocenters. The Morgan fingerprint density at radius 3 is 2.90 bits per heavy atom. The number of amides is 1. The molecule has 0 radical (unpaired) electrons. The molecule has 6 nitrogen and oxygen atoms in total. The normalized spacial score (nSPS) is 12.4. The molecular weight excluding hydrogens is 270 g/mol. The summed E-state index contributed by atoms with van der Waals surface area (Å²) >= 11 is 0. The third-order valence-electron chi connectivity index (χ3n) is 3.50. The predicted octanol–water partition coefficient (Wildman–Crippen LogP) is 1.45. The molecule has 0 bridgehead atoms. The van der Waals surface area contributed by atoms with E-state index in [1.165, 1.54) is 0 Å². The number of imidazole rings is 1. The first-order valence-electron chi connectivity index (χ1n) is 7.02. The number of aliphatic hydroxyl groups is 1. The molecule has 21 heavy (non-hydrogen) atoms. The summed E-state index contributed by atoms with van der Waals surface area (Å²) in [7, 11) is 1.59. The van der Waals surface area contributed by atoms with E-state index in [0.717, 1.165) is 11.9 Å². The van der Waals surface area contributed by atoms with E-state index in [1.54, 1.807) is 17.7 Å². The molecule has 1 unspecified atom stereocenters. The Hall–Kier alpha value is -2.08. The van der Waals surface area contributed by atoms with Gasteiger partial charge in [0.15, 0.2) is 0 Å². The summed E-state index contributed by atoms with van der Waals surface area (Å²) in [6.07, 6.45) is 0.875. The molecule has 2 rings (SSSR count). The van der Waals surface area contributed by atoms with E-state index in [1.807, 2.05) is 26.0 Å². The number of hydrogen-bond acceptors (Lipinski definition) is 4. The van der Waals surface area contributed by atoms with Crippen molar-refractivity contribution in [2.24, 2.45) is 0 Å². The summed E-state index contributed by atoms with van der Waals surface area (Å²) in [5.74, 6) is 1.08. The van der Waals surface area contributed by atoms with Crippen molar-refractivity contribution >= 4 is 16.9 Å². The average molecular weight is 291 g/mol. The first-order valence-corrected chi connectivity index (χ1v) is 7.02. The number of hydrogen-bond donors (Lipinski definition) is 2. The molecule has 0 saturated carbocycles. The van der Waals surface area contributed by atoms with E-state index in [4.69, 9.17) is 4.74 Å². The van der Waals surface area contributed by atoms with E-state index in [0.29, 0.717) is 17.1 Å². The van der Waals surface area contributed by atoms with Gasteiger partial charge in [0.2, 0.25) is 5.91 Å². The smallest absolute Gasteiger partial charge is 0.240 e. The third-order valence-corrected chi connectivity index (χ3v) is 3.50. The van der Waals surface area contributed by atoms with E-state index in [9.17, 15) is 9.90 Å². The molecule has 0 aliphatic heterocycles. The van der Waals surface area contributed by atoms with Crippen molar-refractivity contribution in [3.63, 3.8) is 0 Å². The number of benzene rings is 1. The van der Waals surface area contributed by atoms with Gasteiger partial charge in [0.05, 0.1) is 18.1 Å². The summed E-state index contributed by atoms with van der Waals surface area (Å²) in [5, 5.41) is 12.4. The number of aliphatic hydroxyl groups excluding tert-OH is 1. The molecule has 0 aliphatic carbocycles. The first-order chi connectivity index (χ1) is 10.1. The van der Waals surface area contributed by atoms with Crippen molar-refractivity contribution in [1.29, 1.82) is 0 Å². The Kier molecular flexibility index (Phi) is 4.80. The highest BCUT2D eigenvalue weighted by Gasteiger charge is 2.14. The lowest BCUT2D eigenvalue weighted by atomic mass is 10.2. The predicted molar refractivity (Wildman–Crippen MR) is 80.1 cm³/mol. The maximum atomic E-state index is 12.0. The van der Waals surface area contributed by atoms with Gasteiger partial charge in [0.25, 0.3) is 0 Å². The molecular formula is C15H21N3O3. The number of nitrogens with zero attached hydrogens (tertiary/aromatic N) is 2. The largest absolute Gasteiger partial charge is 0.497 e. The van der Waals surface area contributed by atoms with Crippen LogP contribution in [0.3, 0.4) is 0 Å². The molecule has 0 saturated heterocycles. The van der Waals surface area contributed by atoms with Gasteiger partial charge in [0, 0.05) is 12.1 Å². The van der Waals surface area contributed by atoms with Crippen LogP contribution in [0.25, 0.3) is 11.0 Å². The minimum atomic E-state index is -0.215. The van der Waals surface area contributed by atoms with E-state index in [2.05, 4.69) is 10.3 Å². The summed E-state index contributed by atoms with van der Waals surface area (Å²) < 4.78 is 6.89. The standard InChI is InChI=1S/C15H21N3O3/c1-4-10(2)16-15(20)8-18-13-6-5-11(21-3)7-12(13)17-14(18)9-19/h5-7,10,19H,4,8-9H2,1-3H3,(H,16,20). The monoisotopic (exact) mass is 291 g/mol. The Morgan fingerprint density at radius 1 is 1.52 bits per heavy atom. The average Bonchev–Trinajstić information content (AvgIpc) is 2.83. The second-order valence-electron chi connectivity index (χ2n) is 5.00. The highest BCUT2D eigenvalue weighted by atomic mass is 16.5. The highest BCUT2D eigenvalue weighted by Crippen LogP contribution is 2.21. The first kappa shape index (κ1) is 15.3. The van der Waals surface area contributed by atoms with Gasteiger partial charge in [-0.25, -0.2) is 4.98 Å². The van der Waals surface area contributed by atoms with Gasteiger partial charge >= 0.3 is 0 Å². The number of fused-ring (bicyclic) bond motifs is 1. The summed E-state index contributed by atoms with van der Waals surface area (Å²) in [4.78, 5) is 16.4. The van der Waals surface area contributed by atoms with Crippen LogP contribution in [-0.4, -0.2) is 33.7 Å². The maximum absolute atomic E-state index is 12.0. The van der Waals surface area contributed by atoms with Crippen molar-refractivity contribution in [1.82, 2.24) is 14.9 Å². The zero-order chi connectivity index (χ0) is 15.4. The molecule has 6 heteroatoms. The van der Waals surface area contributed by atoms with Crippen LogP contribution in [0.15, 0.2) is 18.2 Å². The van der Waals surface area contributed by atoms with Crippen LogP contribution in [0.2, 0.25) is 0 Å². The topological polar surface area (TPSA) is 76.4 Å². The summed E-state index contributed by atoms with van der Waals surface area (Å²) in [6, 6.07) is 5.58. The summed E-state index contributed by atoms with van der Waals surface area (Å²) in [5.41, 5.74) is 1.51. The lowest BCUT2D eigenvalue weighted by Crippen LogP contribution is -2.34. The van der Waals surface area contributed by atoms with Gasteiger partial charge in [-0.05, 0) is 25.5 Å². The van der Waals surface area contributed by atoms with E-state index in [-0.39, 0.29) is 25.1 Å². The highest BCUT2D eigenvalue weighted by molar-refractivity contribution is 5.82. The number of rotatable bonds is 6. The second kappa shape index (κ2) is 6.58. The number of nitrogens with one attached hydrogen (secondary N) is 1. The number of methoxy groups -OCH3 is 1. The van der Waals surface area contributed by atoms with Gasteiger partial charge in [-0.2, -0.15) is 0 Å². The summed E-state index contributed by atoms with van der Waals surface area (Å²) in [6.45, 7) is 3.90. The van der Waals surface area contributed by atoms with Gasteiger partial charge in [-0.1, -0.05) is 6.92 Å². The van der Waals surface area contributed by atoms with Gasteiger partial charge in [0.1, 0.15) is 24.7 Å². The van der Waals surface area contributed by atoms with Crippen molar-refractivity contribution in [3.8, 4) is 5.75 Å². The Labute approximate surface area is 123 Å². The van der Waals surface area contributed by atoms with Crippen molar-refractivity contribution in [3.05, 3.63) is 24.0 Å². The molecule has 114 valence electrons. The van der Waals surface area contributed by atoms with Crippen LogP contribution in [0, 0.1) is 0 Å². The van der Waals surface area contributed by atoms with E-state index >= 15 is 0 Å². The molecule has 1 aromatic heterocycles. The maximum Gasteiger partial charge on any atom is 0.240 e. The number of carbonyl (C=O) groups is 1. The molecule has 1 aromatic carbocycles. The minimum Gasteiger partial charge on any atom is -0.497 e. The van der Waals surface area contributed by atoms with Crippen LogP contribution in [0.5, 0.6) is 5.75 Å². The minimum absolute atomic E-state index is 0.0887. The van der Waals surface area contributed by atoms with Gasteiger partial charge < -0.3 is 19.7 Å². The fourth-order valence-electron chi connectivity index (χ4n) is 2.15. The Balaban J connectivity index is 2.31. The zero-order valence-electron chi connectivity index (χ0n) is 12.6. The SMILES string of the molecule is CCC(C)NC(=O)Cn1c(CO)nc2cc(OC)ccc21.